The van der Waals surface area contributed by atoms with E-state index < -0.39 is 32.5 Å². The van der Waals surface area contributed by atoms with Crippen molar-refractivity contribution < 1.29 is 32.7 Å². The van der Waals surface area contributed by atoms with E-state index in [4.69, 9.17) is 9.94 Å². The molecule has 1 aromatic heterocycles. The number of hydrogen-bond acceptors (Lipinski definition) is 8. The highest BCUT2D eigenvalue weighted by molar-refractivity contribution is 7.92. The summed E-state index contributed by atoms with van der Waals surface area (Å²) in [7, 11) is -3.62. The van der Waals surface area contributed by atoms with E-state index in [2.05, 4.69) is 10.6 Å². The second kappa shape index (κ2) is 11.6. The van der Waals surface area contributed by atoms with Crippen LogP contribution in [0.15, 0.2) is 36.4 Å². The van der Waals surface area contributed by atoms with E-state index in [1.165, 1.54) is 11.3 Å². The lowest BCUT2D eigenvalue weighted by molar-refractivity contribution is -0.130. The Labute approximate surface area is 219 Å². The predicted octanol–water partition coefficient (Wildman–Crippen LogP) is 3.71. The number of nitrogens with one attached hydrogen (secondary N) is 3. The molecule has 3 amide bonds. The molecule has 4 rings (SSSR count). The van der Waals surface area contributed by atoms with Crippen LogP contribution in [0.5, 0.6) is 0 Å². The third-order valence-corrected chi connectivity index (χ3v) is 10.9. The molecule has 12 heteroatoms. The van der Waals surface area contributed by atoms with Gasteiger partial charge in [-0.3, -0.25) is 14.8 Å². The molecule has 2 aliphatic rings. The molecule has 37 heavy (non-hydrogen) atoms. The van der Waals surface area contributed by atoms with Crippen LogP contribution < -0.4 is 16.1 Å². The number of hydrogen-bond donors (Lipinski definition) is 4. The van der Waals surface area contributed by atoms with Gasteiger partial charge in [0.25, 0.3) is 0 Å². The molecule has 2 aromatic rings. The number of rotatable bonds is 8. The smallest absolute Gasteiger partial charge is 0.407 e. The van der Waals surface area contributed by atoms with E-state index in [0.717, 1.165) is 36.1 Å². The molecule has 2 heterocycles. The Bertz CT molecular complexity index is 1250. The van der Waals surface area contributed by atoms with Crippen molar-refractivity contribution in [3.63, 3.8) is 0 Å². The zero-order valence-corrected chi connectivity index (χ0v) is 22.0. The van der Waals surface area contributed by atoms with Crippen LogP contribution >= 0.6 is 11.3 Å². The Hall–Kier alpha value is -2.96. The van der Waals surface area contributed by atoms with Crippen molar-refractivity contribution in [1.29, 1.82) is 0 Å². The lowest BCUT2D eigenvalue weighted by Gasteiger charge is -2.35. The lowest BCUT2D eigenvalue weighted by Crippen LogP contribution is -2.43. The number of benzene rings is 1. The van der Waals surface area contributed by atoms with E-state index in [1.807, 2.05) is 6.07 Å². The van der Waals surface area contributed by atoms with Crippen LogP contribution in [0.25, 0.3) is 10.4 Å². The molecule has 1 saturated heterocycles. The average molecular weight is 550 g/mol. The maximum atomic E-state index is 13.1. The maximum absolute atomic E-state index is 13.1. The third kappa shape index (κ3) is 6.31. The van der Waals surface area contributed by atoms with Gasteiger partial charge in [-0.05, 0) is 68.4 Å². The molecule has 1 saturated carbocycles. The topological polar surface area (TPSA) is 151 Å². The van der Waals surface area contributed by atoms with Gasteiger partial charge in [0.15, 0.2) is 9.84 Å². The van der Waals surface area contributed by atoms with E-state index >= 15 is 0 Å². The summed E-state index contributed by atoms with van der Waals surface area (Å²) >= 11 is 1.28. The summed E-state index contributed by atoms with van der Waals surface area (Å²) in [4.78, 5) is 37.6. The highest BCUT2D eigenvalue weighted by atomic mass is 32.2. The molecular formula is C25H31N3O7S2. The van der Waals surface area contributed by atoms with E-state index in [9.17, 15) is 22.8 Å². The van der Waals surface area contributed by atoms with Gasteiger partial charge in [0.05, 0.1) is 12.2 Å². The molecule has 2 fully saturated rings. The van der Waals surface area contributed by atoms with Gasteiger partial charge in [-0.15, -0.1) is 11.3 Å². The second-order valence-corrected chi connectivity index (χ2v) is 12.9. The minimum Gasteiger partial charge on any atom is -0.446 e. The molecule has 1 aliphatic heterocycles. The molecule has 0 bridgehead atoms. The summed E-state index contributed by atoms with van der Waals surface area (Å²) in [6.07, 6.45) is 4.22. The van der Waals surface area contributed by atoms with Gasteiger partial charge in [-0.2, -0.15) is 0 Å². The van der Waals surface area contributed by atoms with Gasteiger partial charge in [-0.25, -0.2) is 18.7 Å². The van der Waals surface area contributed by atoms with Gasteiger partial charge < -0.3 is 15.4 Å². The number of carbonyl (C=O) groups is 3. The predicted molar refractivity (Wildman–Crippen MR) is 139 cm³/mol. The molecule has 1 atom stereocenters. The molecule has 1 aromatic carbocycles. The van der Waals surface area contributed by atoms with E-state index in [1.54, 1.807) is 35.8 Å². The fourth-order valence-corrected chi connectivity index (χ4v) is 8.74. The van der Waals surface area contributed by atoms with Crippen molar-refractivity contribution in [1.82, 2.24) is 10.8 Å². The Morgan fingerprint density at radius 3 is 2.57 bits per heavy atom. The molecule has 0 radical (unpaired) electrons. The third-order valence-electron chi connectivity index (χ3n) is 6.86. The van der Waals surface area contributed by atoms with Crippen LogP contribution in [0.3, 0.4) is 0 Å². The highest BCUT2D eigenvalue weighted by Gasteiger charge is 2.49. The fraction of sp³-hybridized carbons (Fsp3) is 0.480. The average Bonchev–Trinajstić information content (AvgIpc) is 3.57. The number of thiophene rings is 1. The van der Waals surface area contributed by atoms with Crippen molar-refractivity contribution in [2.45, 2.75) is 62.2 Å². The number of carbonyl (C=O) groups excluding carboxylic acids is 3. The minimum atomic E-state index is -3.62. The SMILES string of the molecule is O=C(C[C@]1(c2ccc(-c3cccc(NC(=O)CNC(=O)OC4CCCC4)c3)s2)CCCCS1(=O)=O)NO. The molecule has 4 N–H and O–H groups in total. The molecule has 10 nitrogen and oxygen atoms in total. The first-order valence-corrected chi connectivity index (χ1v) is 14.8. The number of sulfone groups is 1. The fourth-order valence-electron chi connectivity index (χ4n) is 4.96. The Balaban J connectivity index is 1.45. The Kier molecular flexibility index (Phi) is 8.50. The quantitative estimate of drug-likeness (QED) is 0.289. The van der Waals surface area contributed by atoms with Gasteiger partial charge in [0.2, 0.25) is 11.8 Å². The van der Waals surface area contributed by atoms with Crippen molar-refractivity contribution in [3.8, 4) is 10.4 Å². The number of anilines is 1. The monoisotopic (exact) mass is 549 g/mol. The van der Waals surface area contributed by atoms with Gasteiger partial charge in [-0.1, -0.05) is 18.6 Å². The largest absolute Gasteiger partial charge is 0.446 e. The van der Waals surface area contributed by atoms with Gasteiger partial charge in [0.1, 0.15) is 17.4 Å². The first kappa shape index (κ1) is 27.1. The van der Waals surface area contributed by atoms with Crippen LogP contribution in [-0.4, -0.2) is 49.9 Å². The molecule has 200 valence electrons. The summed E-state index contributed by atoms with van der Waals surface area (Å²) in [5, 5.41) is 14.3. The minimum absolute atomic E-state index is 0.0112. The highest BCUT2D eigenvalue weighted by Crippen LogP contribution is 2.47. The number of amides is 3. The van der Waals surface area contributed by atoms with Crippen LogP contribution in [0.1, 0.15) is 56.2 Å². The van der Waals surface area contributed by atoms with Crippen LogP contribution in [-0.2, 0) is 28.9 Å². The van der Waals surface area contributed by atoms with Crippen molar-refractivity contribution in [3.05, 3.63) is 41.3 Å². The van der Waals surface area contributed by atoms with E-state index in [-0.39, 0.29) is 24.8 Å². The molecule has 0 spiro atoms. The van der Waals surface area contributed by atoms with E-state index in [0.29, 0.717) is 29.8 Å². The summed E-state index contributed by atoms with van der Waals surface area (Å²) in [5.41, 5.74) is 2.85. The molecule has 0 unspecified atom stereocenters. The molecular weight excluding hydrogens is 518 g/mol. The number of ether oxygens (including phenoxy) is 1. The van der Waals surface area contributed by atoms with Crippen LogP contribution in [0.2, 0.25) is 0 Å². The zero-order valence-electron chi connectivity index (χ0n) is 20.3. The summed E-state index contributed by atoms with van der Waals surface area (Å²) in [5.74, 6) is -1.16. The first-order valence-electron chi connectivity index (χ1n) is 12.3. The summed E-state index contributed by atoms with van der Waals surface area (Å²) in [6.45, 7) is -0.230. The van der Waals surface area contributed by atoms with Crippen LogP contribution in [0.4, 0.5) is 10.5 Å². The van der Waals surface area contributed by atoms with Gasteiger partial charge >= 0.3 is 6.09 Å². The number of hydroxylamine groups is 1. The summed E-state index contributed by atoms with van der Waals surface area (Å²) < 4.78 is 30.2. The Morgan fingerprint density at radius 2 is 1.84 bits per heavy atom. The zero-order chi connectivity index (χ0) is 26.5. The first-order chi connectivity index (χ1) is 17.7. The normalized spacial score (nSPS) is 21.2. The standard InChI is InChI=1S/C25H31N3O7S2/c29-22(28-32)15-25(12-3-4-13-37(25,33)34)21-11-10-20(36-21)17-6-5-7-18(14-17)27-23(30)16-26-24(31)35-19-8-1-2-9-19/h5-7,10-11,14,19,32H,1-4,8-9,12-13,15-16H2,(H,26,31)(H,27,30)(H,28,29)/t25-/m0/s1. The van der Waals surface area contributed by atoms with Gasteiger partial charge in [0, 0.05) is 15.4 Å². The number of alkyl carbamates (subject to hydrolysis) is 1. The second-order valence-electron chi connectivity index (χ2n) is 9.44. The van der Waals surface area contributed by atoms with Crippen molar-refractivity contribution >= 4 is 44.8 Å². The summed E-state index contributed by atoms with van der Waals surface area (Å²) in [6, 6.07) is 10.6. The maximum Gasteiger partial charge on any atom is 0.407 e. The Morgan fingerprint density at radius 1 is 1.05 bits per heavy atom. The van der Waals surface area contributed by atoms with Crippen LogP contribution in [0, 0.1) is 0 Å². The lowest BCUT2D eigenvalue weighted by atomic mass is 9.94. The molecule has 1 aliphatic carbocycles. The van der Waals surface area contributed by atoms with Crippen molar-refractivity contribution in [2.24, 2.45) is 0 Å². The van der Waals surface area contributed by atoms with Crippen molar-refractivity contribution in [2.75, 3.05) is 17.6 Å².